The number of hydrogen-bond donors (Lipinski definition) is 2. The van der Waals surface area contributed by atoms with E-state index in [1.807, 2.05) is 0 Å². The molecule has 0 amide bonds. The van der Waals surface area contributed by atoms with E-state index in [1.54, 1.807) is 0 Å². The van der Waals surface area contributed by atoms with E-state index in [2.05, 4.69) is 94.9 Å². The summed E-state index contributed by atoms with van der Waals surface area (Å²) in [6, 6.07) is 31.0. The Hall–Kier alpha value is -4.04. The van der Waals surface area contributed by atoms with Gasteiger partial charge in [0.1, 0.15) is 0 Å². The van der Waals surface area contributed by atoms with Gasteiger partial charge in [0.05, 0.1) is 11.0 Å². The van der Waals surface area contributed by atoms with E-state index in [0.717, 1.165) is 12.8 Å². The molecule has 32 heavy (non-hydrogen) atoms. The van der Waals surface area contributed by atoms with Crippen molar-refractivity contribution in [3.8, 4) is 0 Å². The van der Waals surface area contributed by atoms with Crippen molar-refractivity contribution in [1.29, 1.82) is 0 Å². The largest absolute Gasteiger partial charge is 0.353 e. The van der Waals surface area contributed by atoms with Crippen LogP contribution in [0.15, 0.2) is 84.9 Å². The summed E-state index contributed by atoms with van der Waals surface area (Å²) in [5, 5.41) is 8.07. The maximum atomic E-state index is 3.75. The van der Waals surface area contributed by atoms with Gasteiger partial charge in [0.15, 0.2) is 0 Å². The normalized spacial score (nSPS) is 13.4. The third-order valence-electron chi connectivity index (χ3n) is 7.43. The van der Waals surface area contributed by atoms with Crippen LogP contribution < -0.4 is 0 Å². The third-order valence-corrected chi connectivity index (χ3v) is 7.43. The summed E-state index contributed by atoms with van der Waals surface area (Å²) in [6.45, 7) is 0. The molecule has 2 N–H and O–H groups in total. The van der Waals surface area contributed by atoms with Gasteiger partial charge in [-0.05, 0) is 58.0 Å². The van der Waals surface area contributed by atoms with Crippen LogP contribution in [-0.4, -0.2) is 9.97 Å². The van der Waals surface area contributed by atoms with E-state index in [0.29, 0.717) is 0 Å². The van der Waals surface area contributed by atoms with Crippen LogP contribution in [0.3, 0.4) is 0 Å². The molecule has 8 rings (SSSR count). The standard InChI is InChI=1S/C30H20N2/c1-2-8-18-14-20-16-24-23(15-19(20)13-17(18)7-1)27-21-9-3-5-11-25(21)31-29(27)30-28(24)22-10-4-6-12-26(22)32-30/h1-14,31-32H,15-16H2. The van der Waals surface area contributed by atoms with Gasteiger partial charge in [0.25, 0.3) is 0 Å². The molecule has 2 aromatic heterocycles. The topological polar surface area (TPSA) is 31.6 Å². The summed E-state index contributed by atoms with van der Waals surface area (Å²) in [5.41, 5.74) is 10.8. The molecule has 0 atom stereocenters. The van der Waals surface area contributed by atoms with Crippen LogP contribution in [0.25, 0.3) is 54.4 Å². The molecular weight excluding hydrogens is 388 g/mol. The number of rotatable bonds is 0. The second-order valence-electron chi connectivity index (χ2n) is 9.12. The number of fused-ring (bicyclic) bond motifs is 12. The Balaban J connectivity index is 1.56. The van der Waals surface area contributed by atoms with Crippen LogP contribution >= 0.6 is 0 Å². The fraction of sp³-hybridized carbons (Fsp3) is 0.0667. The van der Waals surface area contributed by atoms with Crippen molar-refractivity contribution in [2.45, 2.75) is 12.8 Å². The van der Waals surface area contributed by atoms with E-state index < -0.39 is 0 Å². The molecule has 0 saturated carbocycles. The van der Waals surface area contributed by atoms with Crippen molar-refractivity contribution in [2.24, 2.45) is 0 Å². The first-order valence-corrected chi connectivity index (χ1v) is 11.3. The van der Waals surface area contributed by atoms with Gasteiger partial charge in [-0.25, -0.2) is 0 Å². The van der Waals surface area contributed by atoms with Gasteiger partial charge in [-0.15, -0.1) is 0 Å². The van der Waals surface area contributed by atoms with Crippen LogP contribution in [0, 0.1) is 0 Å². The average molecular weight is 409 g/mol. The lowest BCUT2D eigenvalue weighted by molar-refractivity contribution is 1.03. The monoisotopic (exact) mass is 408 g/mol. The van der Waals surface area contributed by atoms with Crippen molar-refractivity contribution in [2.75, 3.05) is 0 Å². The lowest BCUT2D eigenvalue weighted by Gasteiger charge is -2.23. The molecule has 1 aliphatic rings. The Morgan fingerprint density at radius 1 is 0.500 bits per heavy atom. The highest BCUT2D eigenvalue weighted by atomic mass is 14.8. The Kier molecular flexibility index (Phi) is 3.01. The van der Waals surface area contributed by atoms with Gasteiger partial charge in [-0.3, -0.25) is 0 Å². The maximum Gasteiger partial charge on any atom is 0.0713 e. The van der Waals surface area contributed by atoms with Gasteiger partial charge in [0.2, 0.25) is 0 Å². The first kappa shape index (κ1) is 16.6. The summed E-state index contributed by atoms with van der Waals surface area (Å²) >= 11 is 0. The van der Waals surface area contributed by atoms with E-state index >= 15 is 0 Å². The molecule has 0 fully saturated rings. The zero-order chi connectivity index (χ0) is 20.8. The highest BCUT2D eigenvalue weighted by molar-refractivity contribution is 6.24. The zero-order valence-electron chi connectivity index (χ0n) is 17.5. The molecule has 0 unspecified atom stereocenters. The van der Waals surface area contributed by atoms with E-state index in [4.69, 9.17) is 0 Å². The Bertz CT molecular complexity index is 1740. The first-order chi connectivity index (χ1) is 15.8. The Morgan fingerprint density at radius 2 is 0.938 bits per heavy atom. The van der Waals surface area contributed by atoms with E-state index in [1.165, 1.54) is 76.6 Å². The van der Waals surface area contributed by atoms with E-state index in [-0.39, 0.29) is 0 Å². The van der Waals surface area contributed by atoms with Gasteiger partial charge < -0.3 is 9.97 Å². The number of para-hydroxylation sites is 2. The second-order valence-corrected chi connectivity index (χ2v) is 9.12. The van der Waals surface area contributed by atoms with Crippen LogP contribution in [0.1, 0.15) is 22.3 Å². The molecule has 0 saturated heterocycles. The Labute approximate surface area is 184 Å². The van der Waals surface area contributed by atoms with Crippen molar-refractivity contribution in [3.05, 3.63) is 107 Å². The zero-order valence-corrected chi connectivity index (χ0v) is 17.5. The number of H-pyrrole nitrogens is 2. The average Bonchev–Trinajstić information content (AvgIpc) is 3.41. The molecule has 150 valence electrons. The summed E-state index contributed by atoms with van der Waals surface area (Å²) in [4.78, 5) is 7.51. The summed E-state index contributed by atoms with van der Waals surface area (Å²) < 4.78 is 0. The quantitative estimate of drug-likeness (QED) is 0.259. The minimum absolute atomic E-state index is 0.975. The molecule has 2 heterocycles. The molecule has 2 heteroatoms. The van der Waals surface area contributed by atoms with Crippen LogP contribution in [0.5, 0.6) is 0 Å². The SMILES string of the molecule is c1ccc2cc3c(cc2c1)Cc1c(c2c4ccccc4[nH]c2c2[nH]c4ccccc4c12)C3. The van der Waals surface area contributed by atoms with Crippen molar-refractivity contribution in [1.82, 2.24) is 9.97 Å². The van der Waals surface area contributed by atoms with Crippen LogP contribution in [0.2, 0.25) is 0 Å². The smallest absolute Gasteiger partial charge is 0.0713 e. The maximum absolute atomic E-state index is 3.75. The van der Waals surface area contributed by atoms with Crippen molar-refractivity contribution in [3.63, 3.8) is 0 Å². The molecule has 0 radical (unpaired) electrons. The van der Waals surface area contributed by atoms with Gasteiger partial charge >= 0.3 is 0 Å². The minimum atomic E-state index is 0.975. The second kappa shape index (κ2) is 5.80. The number of aromatic nitrogens is 2. The fourth-order valence-electron chi connectivity index (χ4n) is 6.02. The summed E-state index contributed by atoms with van der Waals surface area (Å²) in [6.07, 6.45) is 1.95. The minimum Gasteiger partial charge on any atom is -0.353 e. The number of benzene rings is 5. The molecule has 0 bridgehead atoms. The third kappa shape index (κ3) is 2.04. The molecule has 0 spiro atoms. The van der Waals surface area contributed by atoms with Crippen molar-refractivity contribution >= 4 is 54.4 Å². The molecule has 5 aromatic carbocycles. The van der Waals surface area contributed by atoms with Crippen LogP contribution in [0.4, 0.5) is 0 Å². The molecule has 7 aromatic rings. The molecular formula is C30H20N2. The van der Waals surface area contributed by atoms with Crippen LogP contribution in [-0.2, 0) is 12.8 Å². The summed E-state index contributed by atoms with van der Waals surface area (Å²) in [5.74, 6) is 0. The lowest BCUT2D eigenvalue weighted by atomic mass is 9.80. The highest BCUT2D eigenvalue weighted by Gasteiger charge is 2.25. The van der Waals surface area contributed by atoms with Gasteiger partial charge in [0, 0.05) is 32.6 Å². The van der Waals surface area contributed by atoms with Gasteiger partial charge in [-0.1, -0.05) is 72.8 Å². The predicted octanol–water partition coefficient (Wildman–Crippen LogP) is 7.60. The van der Waals surface area contributed by atoms with E-state index in [9.17, 15) is 0 Å². The number of hydrogen-bond acceptors (Lipinski definition) is 0. The first-order valence-electron chi connectivity index (χ1n) is 11.3. The fourth-order valence-corrected chi connectivity index (χ4v) is 6.02. The number of nitrogens with one attached hydrogen (secondary N) is 2. The Morgan fingerprint density at radius 3 is 1.44 bits per heavy atom. The summed E-state index contributed by atoms with van der Waals surface area (Å²) in [7, 11) is 0. The van der Waals surface area contributed by atoms with Gasteiger partial charge in [-0.2, -0.15) is 0 Å². The molecule has 0 aliphatic heterocycles. The van der Waals surface area contributed by atoms with Crippen molar-refractivity contribution < 1.29 is 0 Å². The number of aromatic amines is 2. The molecule has 2 nitrogen and oxygen atoms in total. The lowest BCUT2D eigenvalue weighted by Crippen LogP contribution is -2.08. The predicted molar refractivity (Wildman–Crippen MR) is 135 cm³/mol. The molecule has 1 aliphatic carbocycles. The highest BCUT2D eigenvalue weighted by Crippen LogP contribution is 2.44.